The van der Waals surface area contributed by atoms with E-state index in [-0.39, 0.29) is 16.9 Å². The van der Waals surface area contributed by atoms with Crippen LogP contribution in [0.5, 0.6) is 11.5 Å². The van der Waals surface area contributed by atoms with Gasteiger partial charge in [0.1, 0.15) is 22.6 Å². The summed E-state index contributed by atoms with van der Waals surface area (Å²) in [7, 11) is 4.03. The summed E-state index contributed by atoms with van der Waals surface area (Å²) in [4.78, 5) is 54.5. The van der Waals surface area contributed by atoms with E-state index in [1.54, 1.807) is 33.8 Å². The first-order chi connectivity index (χ1) is 16.3. The van der Waals surface area contributed by atoms with Gasteiger partial charge in [0, 0.05) is 17.6 Å². The van der Waals surface area contributed by atoms with E-state index in [4.69, 9.17) is 14.2 Å². The van der Waals surface area contributed by atoms with Crippen LogP contribution in [-0.4, -0.2) is 66.2 Å². The molecule has 2 fully saturated rings. The van der Waals surface area contributed by atoms with E-state index in [9.17, 15) is 24.3 Å². The number of nitrogens with zero attached hydrogens (tertiary/aromatic N) is 1. The third kappa shape index (κ3) is 3.84. The smallest absolute Gasteiger partial charge is 0.341 e. The number of esters is 1. The normalized spacial score (nSPS) is 27.0. The predicted octanol–water partition coefficient (Wildman–Crippen LogP) is 2.40. The van der Waals surface area contributed by atoms with Gasteiger partial charge in [0.15, 0.2) is 0 Å². The molecule has 1 aromatic rings. The van der Waals surface area contributed by atoms with E-state index in [0.717, 1.165) is 4.90 Å². The molecule has 5 atom stereocenters. The summed E-state index contributed by atoms with van der Waals surface area (Å²) in [6.45, 7) is 8.76. The number of benzene rings is 1. The van der Waals surface area contributed by atoms with Gasteiger partial charge in [-0.3, -0.25) is 24.6 Å². The number of aliphatic carboxylic acids is 1. The fraction of sp³-hybridized carbons (Fsp3) is 0.600. The van der Waals surface area contributed by atoms with Gasteiger partial charge in [-0.25, -0.2) is 4.79 Å². The molecule has 10 nitrogen and oxygen atoms in total. The summed E-state index contributed by atoms with van der Waals surface area (Å²) < 4.78 is 15.8. The summed E-state index contributed by atoms with van der Waals surface area (Å²) in [5, 5.41) is 13.7. The van der Waals surface area contributed by atoms with Crippen molar-refractivity contribution in [3.05, 3.63) is 23.3 Å². The lowest BCUT2D eigenvalue weighted by molar-refractivity contribution is -0.156. The highest BCUT2D eigenvalue weighted by Crippen LogP contribution is 2.54. The Morgan fingerprint density at radius 3 is 2.23 bits per heavy atom. The molecule has 2 aliphatic heterocycles. The Kier molecular flexibility index (Phi) is 6.91. The second kappa shape index (κ2) is 9.14. The second-order valence-electron chi connectivity index (χ2n) is 10.1. The topological polar surface area (TPSA) is 131 Å². The van der Waals surface area contributed by atoms with Gasteiger partial charge in [-0.2, -0.15) is 0 Å². The standard InChI is InChI=1S/C25H34N2O8/c1-9-12(2)25(23(31)32)18-17(20(28)27(21(18)29)24(3,4)5)19(26-25)14-10-13(33-6)11-15(34-7)16(14)22(30)35-8/h10-12,17-19,26H,9H2,1-8H3,(H,31,32). The SMILES string of the molecule is CCC(C)C1(C(=O)O)NC(c2cc(OC)cc(OC)c2C(=O)OC)C2C(=O)N(C(C)(C)C)C(=O)C21. The average molecular weight is 491 g/mol. The Hall–Kier alpha value is -3.14. The average Bonchev–Trinajstić information content (AvgIpc) is 3.31. The van der Waals surface area contributed by atoms with E-state index in [0.29, 0.717) is 12.2 Å². The number of carbonyl (C=O) groups excluding carboxylic acids is 3. The quantitative estimate of drug-likeness (QED) is 0.437. The lowest BCUT2D eigenvalue weighted by Crippen LogP contribution is -2.60. The Morgan fingerprint density at radius 1 is 1.14 bits per heavy atom. The zero-order chi connectivity index (χ0) is 26.5. The van der Waals surface area contributed by atoms with Gasteiger partial charge in [0.25, 0.3) is 0 Å². The molecule has 2 heterocycles. The van der Waals surface area contributed by atoms with Crippen molar-refractivity contribution in [3.63, 3.8) is 0 Å². The van der Waals surface area contributed by atoms with E-state index in [1.165, 1.54) is 27.4 Å². The van der Waals surface area contributed by atoms with Crippen LogP contribution < -0.4 is 14.8 Å². The van der Waals surface area contributed by atoms with Crippen LogP contribution in [0.15, 0.2) is 12.1 Å². The van der Waals surface area contributed by atoms with Crippen LogP contribution >= 0.6 is 0 Å². The lowest BCUT2D eigenvalue weighted by Gasteiger charge is -2.38. The number of imide groups is 1. The van der Waals surface area contributed by atoms with Crippen LogP contribution in [0.2, 0.25) is 0 Å². The monoisotopic (exact) mass is 490 g/mol. The van der Waals surface area contributed by atoms with Crippen molar-refractivity contribution in [1.29, 1.82) is 0 Å². The minimum Gasteiger partial charge on any atom is -0.497 e. The molecule has 2 saturated heterocycles. The Morgan fingerprint density at radius 2 is 1.77 bits per heavy atom. The van der Waals surface area contributed by atoms with Crippen molar-refractivity contribution < 1.29 is 38.5 Å². The van der Waals surface area contributed by atoms with Crippen LogP contribution in [0.1, 0.15) is 63.0 Å². The summed E-state index contributed by atoms with van der Waals surface area (Å²) in [5.41, 5.74) is -2.29. The summed E-state index contributed by atoms with van der Waals surface area (Å²) in [5.74, 6) is -5.25. The molecule has 0 radical (unpaired) electrons. The van der Waals surface area contributed by atoms with E-state index in [1.807, 2.05) is 6.92 Å². The number of carbonyl (C=O) groups is 4. The number of fused-ring (bicyclic) bond motifs is 1. The number of carboxylic acids is 1. The van der Waals surface area contributed by atoms with Crippen molar-refractivity contribution in [2.75, 3.05) is 21.3 Å². The maximum atomic E-state index is 13.8. The number of methoxy groups -OCH3 is 3. The molecule has 0 aromatic heterocycles. The summed E-state index contributed by atoms with van der Waals surface area (Å²) in [6.07, 6.45) is 0.442. The molecular formula is C25H34N2O8. The molecule has 192 valence electrons. The van der Waals surface area contributed by atoms with Gasteiger partial charge in [0.05, 0.1) is 33.2 Å². The molecule has 2 amide bonds. The van der Waals surface area contributed by atoms with Crippen LogP contribution in [0.25, 0.3) is 0 Å². The van der Waals surface area contributed by atoms with Crippen LogP contribution in [0, 0.1) is 17.8 Å². The molecule has 0 spiro atoms. The van der Waals surface area contributed by atoms with Gasteiger partial charge in [-0.1, -0.05) is 20.3 Å². The fourth-order valence-corrected chi connectivity index (χ4v) is 5.51. The number of hydrogen-bond acceptors (Lipinski definition) is 8. The molecular weight excluding hydrogens is 456 g/mol. The maximum Gasteiger partial charge on any atom is 0.341 e. The van der Waals surface area contributed by atoms with Crippen molar-refractivity contribution in [3.8, 4) is 11.5 Å². The van der Waals surface area contributed by atoms with Crippen molar-refractivity contribution in [2.24, 2.45) is 17.8 Å². The number of rotatable bonds is 7. The molecule has 10 heteroatoms. The van der Waals surface area contributed by atoms with Gasteiger partial charge in [0.2, 0.25) is 11.8 Å². The van der Waals surface area contributed by atoms with Gasteiger partial charge in [-0.15, -0.1) is 0 Å². The highest BCUT2D eigenvalue weighted by Gasteiger charge is 2.71. The number of ether oxygens (including phenoxy) is 3. The minimum absolute atomic E-state index is 0.0341. The highest BCUT2D eigenvalue weighted by molar-refractivity contribution is 6.10. The van der Waals surface area contributed by atoms with E-state index >= 15 is 0 Å². The fourth-order valence-electron chi connectivity index (χ4n) is 5.51. The van der Waals surface area contributed by atoms with Gasteiger partial charge in [-0.05, 0) is 38.3 Å². The maximum absolute atomic E-state index is 13.8. The first-order valence-electron chi connectivity index (χ1n) is 11.5. The molecule has 5 unspecified atom stereocenters. The lowest BCUT2D eigenvalue weighted by atomic mass is 9.71. The van der Waals surface area contributed by atoms with Gasteiger partial charge >= 0.3 is 11.9 Å². The van der Waals surface area contributed by atoms with Gasteiger partial charge < -0.3 is 19.3 Å². The summed E-state index contributed by atoms with van der Waals surface area (Å²) in [6, 6.07) is 2.06. The van der Waals surface area contributed by atoms with Crippen molar-refractivity contribution in [2.45, 2.75) is 58.2 Å². The van der Waals surface area contributed by atoms with Crippen molar-refractivity contribution >= 4 is 23.8 Å². The summed E-state index contributed by atoms with van der Waals surface area (Å²) >= 11 is 0. The van der Waals surface area contributed by atoms with Crippen LogP contribution in [-0.2, 0) is 19.1 Å². The Balaban J connectivity index is 2.37. The van der Waals surface area contributed by atoms with Crippen LogP contribution in [0.3, 0.4) is 0 Å². The highest BCUT2D eigenvalue weighted by atomic mass is 16.5. The zero-order valence-corrected chi connectivity index (χ0v) is 21.4. The first kappa shape index (κ1) is 26.5. The minimum atomic E-state index is -1.74. The number of amides is 2. The molecule has 0 saturated carbocycles. The zero-order valence-electron chi connectivity index (χ0n) is 21.4. The first-order valence-corrected chi connectivity index (χ1v) is 11.5. The molecule has 2 aliphatic rings. The third-order valence-corrected chi connectivity index (χ3v) is 7.30. The third-order valence-electron chi connectivity index (χ3n) is 7.30. The number of carboxylic acid groups (broad SMARTS) is 1. The van der Waals surface area contributed by atoms with E-state index < -0.39 is 58.6 Å². The molecule has 1 aromatic carbocycles. The number of nitrogens with one attached hydrogen (secondary N) is 1. The second-order valence-corrected chi connectivity index (χ2v) is 10.1. The number of likely N-dealkylation sites (tertiary alicyclic amines) is 1. The molecule has 2 N–H and O–H groups in total. The Labute approximate surface area is 204 Å². The van der Waals surface area contributed by atoms with E-state index in [2.05, 4.69) is 5.32 Å². The number of hydrogen-bond donors (Lipinski definition) is 2. The molecule has 3 rings (SSSR count). The molecule has 0 bridgehead atoms. The largest absolute Gasteiger partial charge is 0.497 e. The predicted molar refractivity (Wildman–Crippen MR) is 125 cm³/mol. The molecule has 0 aliphatic carbocycles. The van der Waals surface area contributed by atoms with Crippen molar-refractivity contribution in [1.82, 2.24) is 10.2 Å². The van der Waals surface area contributed by atoms with Crippen LogP contribution in [0.4, 0.5) is 0 Å². The molecule has 35 heavy (non-hydrogen) atoms. The Bertz CT molecular complexity index is 1060.